The second kappa shape index (κ2) is 5.75. The summed E-state index contributed by atoms with van der Waals surface area (Å²) in [5.74, 6) is 0. The quantitative estimate of drug-likeness (QED) is 0.521. The number of benzene rings is 1. The zero-order chi connectivity index (χ0) is 14.3. The van der Waals surface area contributed by atoms with Gasteiger partial charge in [0, 0.05) is 45.9 Å². The average molecular weight is 402 g/mol. The number of nitrogen functional groups attached to an aromatic ring is 1. The molecular formula is C14H19IN4S. The fourth-order valence-corrected chi connectivity index (χ4v) is 4.58. The van der Waals surface area contributed by atoms with E-state index in [4.69, 9.17) is 11.5 Å². The van der Waals surface area contributed by atoms with Gasteiger partial charge in [-0.25, -0.2) is 0 Å². The summed E-state index contributed by atoms with van der Waals surface area (Å²) < 4.78 is 1.12. The van der Waals surface area contributed by atoms with Gasteiger partial charge in [0.05, 0.1) is 0 Å². The minimum atomic E-state index is 0.0638. The summed E-state index contributed by atoms with van der Waals surface area (Å²) in [5, 5.41) is 3.62. The molecule has 2 aliphatic heterocycles. The van der Waals surface area contributed by atoms with E-state index in [1.807, 2.05) is 6.07 Å². The van der Waals surface area contributed by atoms with Crippen LogP contribution >= 0.6 is 34.4 Å². The molecule has 3 rings (SSSR count). The molecule has 6 heteroatoms. The van der Waals surface area contributed by atoms with Crippen LogP contribution in [0.2, 0.25) is 0 Å². The first-order valence-corrected chi connectivity index (χ1v) is 8.67. The molecule has 0 aromatic heterocycles. The number of nitrogens with two attached hydrogens (primary N) is 2. The molecule has 0 bridgehead atoms. The van der Waals surface area contributed by atoms with Crippen LogP contribution < -0.4 is 16.8 Å². The highest BCUT2D eigenvalue weighted by atomic mass is 127. The number of nitrogens with one attached hydrogen (secondary N) is 1. The predicted molar refractivity (Wildman–Crippen MR) is 94.0 cm³/mol. The molecule has 0 aliphatic carbocycles. The van der Waals surface area contributed by atoms with E-state index in [2.05, 4.69) is 52.0 Å². The highest BCUT2D eigenvalue weighted by molar-refractivity contribution is 14.1. The third kappa shape index (κ3) is 2.66. The van der Waals surface area contributed by atoms with E-state index in [0.717, 1.165) is 28.6 Å². The Morgan fingerprint density at radius 2 is 2.30 bits per heavy atom. The SMILES string of the molecule is CN1C2=C(SC1N)C(Cc1ccc(N)c(I)c1)NCC2. The zero-order valence-electron chi connectivity index (χ0n) is 11.4. The normalized spacial score (nSPS) is 26.1. The van der Waals surface area contributed by atoms with Crippen LogP contribution in [0.4, 0.5) is 5.69 Å². The first-order valence-electron chi connectivity index (χ1n) is 6.71. The van der Waals surface area contributed by atoms with Crippen LogP contribution in [0.25, 0.3) is 0 Å². The van der Waals surface area contributed by atoms with E-state index in [1.165, 1.54) is 16.2 Å². The minimum absolute atomic E-state index is 0.0638. The van der Waals surface area contributed by atoms with Gasteiger partial charge in [0.1, 0.15) is 5.50 Å². The van der Waals surface area contributed by atoms with E-state index in [1.54, 1.807) is 11.8 Å². The van der Waals surface area contributed by atoms with Gasteiger partial charge in [0.25, 0.3) is 0 Å². The maximum Gasteiger partial charge on any atom is 0.129 e. The monoisotopic (exact) mass is 402 g/mol. The van der Waals surface area contributed by atoms with E-state index in [0.29, 0.717) is 6.04 Å². The highest BCUT2D eigenvalue weighted by Gasteiger charge is 2.34. The first kappa shape index (κ1) is 14.5. The molecule has 1 aromatic carbocycles. The van der Waals surface area contributed by atoms with Crippen molar-refractivity contribution >= 4 is 40.0 Å². The van der Waals surface area contributed by atoms with Gasteiger partial charge in [-0.1, -0.05) is 17.8 Å². The average Bonchev–Trinajstić information content (AvgIpc) is 2.72. The molecule has 1 aromatic rings. The minimum Gasteiger partial charge on any atom is -0.398 e. The standard InChI is InChI=1S/C14H19IN4S/c1-19-12-4-5-18-11(13(12)20-14(19)17)7-8-2-3-10(16)9(15)6-8/h2-3,6,11,14,18H,4-5,7,16-17H2,1H3. The Bertz CT molecular complexity index is 560. The summed E-state index contributed by atoms with van der Waals surface area (Å²) in [6.07, 6.45) is 2.06. The van der Waals surface area contributed by atoms with Crippen molar-refractivity contribution in [3.05, 3.63) is 37.9 Å². The first-order chi connectivity index (χ1) is 9.56. The molecule has 4 nitrogen and oxygen atoms in total. The largest absolute Gasteiger partial charge is 0.398 e. The van der Waals surface area contributed by atoms with Crippen LogP contribution in [-0.4, -0.2) is 30.0 Å². The molecule has 20 heavy (non-hydrogen) atoms. The highest BCUT2D eigenvalue weighted by Crippen LogP contribution is 2.40. The predicted octanol–water partition coefficient (Wildman–Crippen LogP) is 1.91. The van der Waals surface area contributed by atoms with Gasteiger partial charge in [-0.15, -0.1) is 0 Å². The molecule has 0 spiro atoms. The Kier molecular flexibility index (Phi) is 4.16. The van der Waals surface area contributed by atoms with Crippen molar-refractivity contribution in [3.8, 4) is 0 Å². The number of thioether (sulfide) groups is 1. The Balaban J connectivity index is 1.82. The number of rotatable bonds is 2. The summed E-state index contributed by atoms with van der Waals surface area (Å²) in [6, 6.07) is 6.67. The van der Waals surface area contributed by atoms with Gasteiger partial charge in [0.15, 0.2) is 0 Å². The maximum atomic E-state index is 6.14. The molecule has 2 aliphatic rings. The summed E-state index contributed by atoms with van der Waals surface area (Å²) in [6.45, 7) is 1.02. The zero-order valence-corrected chi connectivity index (χ0v) is 14.4. The Labute approximate surface area is 137 Å². The van der Waals surface area contributed by atoms with Gasteiger partial charge in [-0.2, -0.15) is 0 Å². The molecule has 0 fully saturated rings. The molecule has 2 unspecified atom stereocenters. The van der Waals surface area contributed by atoms with Gasteiger partial charge in [-0.3, -0.25) is 0 Å². The van der Waals surface area contributed by atoms with Crippen molar-refractivity contribution in [1.29, 1.82) is 0 Å². The Morgan fingerprint density at radius 1 is 1.50 bits per heavy atom. The molecule has 0 radical (unpaired) electrons. The summed E-state index contributed by atoms with van der Waals surface area (Å²) in [5.41, 5.74) is 15.7. The van der Waals surface area contributed by atoms with Crippen LogP contribution in [0.3, 0.4) is 0 Å². The van der Waals surface area contributed by atoms with Gasteiger partial charge in [0.2, 0.25) is 0 Å². The van der Waals surface area contributed by atoms with Crippen LogP contribution in [-0.2, 0) is 6.42 Å². The molecule has 0 amide bonds. The lowest BCUT2D eigenvalue weighted by atomic mass is 10.0. The van der Waals surface area contributed by atoms with Gasteiger partial charge >= 0.3 is 0 Å². The van der Waals surface area contributed by atoms with Crippen LogP contribution in [0.5, 0.6) is 0 Å². The van der Waals surface area contributed by atoms with E-state index < -0.39 is 0 Å². The molecule has 5 N–H and O–H groups in total. The molecule has 2 heterocycles. The summed E-state index contributed by atoms with van der Waals surface area (Å²) in [7, 11) is 2.09. The van der Waals surface area contributed by atoms with Crippen molar-refractivity contribution in [2.24, 2.45) is 5.73 Å². The fourth-order valence-electron chi connectivity index (χ4n) is 2.74. The van der Waals surface area contributed by atoms with E-state index in [9.17, 15) is 0 Å². The molecule has 2 atom stereocenters. The van der Waals surface area contributed by atoms with Gasteiger partial charge < -0.3 is 21.7 Å². The fraction of sp³-hybridized carbons (Fsp3) is 0.429. The second-order valence-corrected chi connectivity index (χ2v) is 7.57. The van der Waals surface area contributed by atoms with E-state index in [-0.39, 0.29) is 5.50 Å². The van der Waals surface area contributed by atoms with Crippen LogP contribution in [0, 0.1) is 3.57 Å². The third-order valence-electron chi connectivity index (χ3n) is 3.91. The number of anilines is 1. The lowest BCUT2D eigenvalue weighted by Crippen LogP contribution is -2.38. The van der Waals surface area contributed by atoms with Crippen molar-refractivity contribution in [2.75, 3.05) is 19.3 Å². The number of halogens is 1. The smallest absolute Gasteiger partial charge is 0.129 e. The summed E-state index contributed by atoms with van der Waals surface area (Å²) in [4.78, 5) is 3.62. The van der Waals surface area contributed by atoms with Crippen LogP contribution in [0.15, 0.2) is 28.8 Å². The number of nitrogens with zero attached hydrogens (tertiary/aromatic N) is 1. The Hall–Kier alpha value is -0.440. The van der Waals surface area contributed by atoms with Gasteiger partial charge in [-0.05, 0) is 46.7 Å². The lowest BCUT2D eigenvalue weighted by Gasteiger charge is -2.27. The number of hydrogen-bond donors (Lipinski definition) is 3. The second-order valence-electron chi connectivity index (χ2n) is 5.25. The molecular weight excluding hydrogens is 383 g/mol. The van der Waals surface area contributed by atoms with Crippen molar-refractivity contribution < 1.29 is 0 Å². The summed E-state index contributed by atoms with van der Waals surface area (Å²) >= 11 is 4.08. The van der Waals surface area contributed by atoms with Crippen molar-refractivity contribution in [1.82, 2.24) is 10.2 Å². The maximum absolute atomic E-state index is 6.14. The van der Waals surface area contributed by atoms with Crippen molar-refractivity contribution in [2.45, 2.75) is 24.4 Å². The molecule has 0 saturated heterocycles. The number of hydrogen-bond acceptors (Lipinski definition) is 5. The van der Waals surface area contributed by atoms with Crippen LogP contribution in [0.1, 0.15) is 12.0 Å². The Morgan fingerprint density at radius 3 is 3.05 bits per heavy atom. The third-order valence-corrected chi connectivity index (χ3v) is 6.18. The molecule has 0 saturated carbocycles. The van der Waals surface area contributed by atoms with Crippen molar-refractivity contribution in [3.63, 3.8) is 0 Å². The molecule has 108 valence electrons. The lowest BCUT2D eigenvalue weighted by molar-refractivity contribution is 0.375. The topological polar surface area (TPSA) is 67.3 Å². The van der Waals surface area contributed by atoms with E-state index >= 15 is 0 Å².